The van der Waals surface area contributed by atoms with Crippen LogP contribution in [0.1, 0.15) is 66.1 Å². The summed E-state index contributed by atoms with van der Waals surface area (Å²) in [5.41, 5.74) is -1.03. The minimum absolute atomic E-state index is 0.104. The summed E-state index contributed by atoms with van der Waals surface area (Å²) in [6, 6.07) is 3.66. The third-order valence-corrected chi connectivity index (χ3v) is 5.78. The van der Waals surface area contributed by atoms with Gasteiger partial charge in [0.15, 0.2) is 0 Å². The van der Waals surface area contributed by atoms with Crippen LogP contribution < -0.4 is 5.32 Å². The number of rotatable bonds is 5. The molecule has 0 aromatic heterocycles. The summed E-state index contributed by atoms with van der Waals surface area (Å²) in [5, 5.41) is 13.9. The molecule has 1 aliphatic rings. The lowest BCUT2D eigenvalue weighted by Gasteiger charge is -2.37. The lowest BCUT2D eigenvalue weighted by atomic mass is 9.78. The van der Waals surface area contributed by atoms with E-state index in [2.05, 4.69) is 5.32 Å². The zero-order valence-corrected chi connectivity index (χ0v) is 21.1. The number of benzene rings is 1. The molecule has 1 fully saturated rings. The number of carbonyl (C=O) groups is 3. The molecule has 0 bridgehead atoms. The average molecular weight is 481 g/mol. The molecule has 2 unspecified atom stereocenters. The van der Waals surface area contributed by atoms with Crippen molar-refractivity contribution in [3.8, 4) is 0 Å². The molecule has 8 nitrogen and oxygen atoms in total. The fourth-order valence-corrected chi connectivity index (χ4v) is 3.88. The molecule has 0 aliphatic carbocycles. The van der Waals surface area contributed by atoms with Crippen LogP contribution in [0.2, 0.25) is 0 Å². The molecule has 2 atom stereocenters. The maximum atomic E-state index is 14.0. The van der Waals surface area contributed by atoms with Crippen LogP contribution >= 0.6 is 0 Å². The van der Waals surface area contributed by atoms with Crippen molar-refractivity contribution in [2.75, 3.05) is 25.5 Å². The number of nitrogens with zero attached hydrogens (tertiary/aromatic N) is 1. The number of likely N-dealkylation sites (tertiary alicyclic amines) is 1. The second kappa shape index (κ2) is 10.7. The average Bonchev–Trinajstić information content (AvgIpc) is 2.72. The summed E-state index contributed by atoms with van der Waals surface area (Å²) in [4.78, 5) is 39.2. The molecule has 0 spiro atoms. The maximum absolute atomic E-state index is 14.0. The van der Waals surface area contributed by atoms with Crippen LogP contribution in [0.25, 0.3) is 0 Å². The topological polar surface area (TPSA) is 105 Å². The van der Waals surface area contributed by atoms with Crippen molar-refractivity contribution in [1.29, 1.82) is 0 Å². The van der Waals surface area contributed by atoms with Gasteiger partial charge in [0.05, 0.1) is 19.1 Å². The highest BCUT2D eigenvalue weighted by Gasteiger charge is 2.40. The first kappa shape index (κ1) is 27.6. The molecule has 1 aliphatic heterocycles. The second-order valence-electron chi connectivity index (χ2n) is 10.7. The van der Waals surface area contributed by atoms with Gasteiger partial charge in [-0.15, -0.1) is 0 Å². The number of piperidine rings is 1. The van der Waals surface area contributed by atoms with Gasteiger partial charge in [-0.2, -0.15) is 0 Å². The number of esters is 1. The van der Waals surface area contributed by atoms with Gasteiger partial charge in [-0.25, -0.2) is 9.18 Å². The number of methoxy groups -OCH3 is 1. The Bertz CT molecular complexity index is 898. The third-order valence-electron chi connectivity index (χ3n) is 5.78. The summed E-state index contributed by atoms with van der Waals surface area (Å²) in [7, 11) is 1.24. The molecular formula is C25H37FN2O6. The predicted octanol–water partition coefficient (Wildman–Crippen LogP) is 4.28. The number of anilines is 1. The highest BCUT2D eigenvalue weighted by molar-refractivity contribution is 5.95. The number of carbonyl (C=O) groups excluding carboxylic acids is 3. The Morgan fingerprint density at radius 2 is 1.71 bits per heavy atom. The number of aliphatic hydroxyl groups is 1. The van der Waals surface area contributed by atoms with Gasteiger partial charge in [-0.3, -0.25) is 9.59 Å². The maximum Gasteiger partial charge on any atom is 0.410 e. The molecule has 34 heavy (non-hydrogen) atoms. The lowest BCUT2D eigenvalue weighted by Crippen LogP contribution is -2.44. The summed E-state index contributed by atoms with van der Waals surface area (Å²) in [6.07, 6.45) is -0.879. The Labute approximate surface area is 200 Å². The Kier molecular flexibility index (Phi) is 8.69. The van der Waals surface area contributed by atoms with Gasteiger partial charge in [-0.1, -0.05) is 26.8 Å². The van der Waals surface area contributed by atoms with E-state index < -0.39 is 40.9 Å². The fourth-order valence-electron chi connectivity index (χ4n) is 3.88. The number of halogens is 1. The van der Waals surface area contributed by atoms with E-state index in [1.165, 1.54) is 19.2 Å². The van der Waals surface area contributed by atoms with Crippen molar-refractivity contribution in [2.24, 2.45) is 17.3 Å². The number of amides is 2. The van der Waals surface area contributed by atoms with E-state index >= 15 is 0 Å². The molecule has 0 radical (unpaired) electrons. The molecule has 1 aromatic rings. The fraction of sp³-hybridized carbons (Fsp3) is 0.640. The first-order valence-electron chi connectivity index (χ1n) is 11.5. The van der Waals surface area contributed by atoms with Gasteiger partial charge in [0.25, 0.3) is 0 Å². The van der Waals surface area contributed by atoms with Crippen LogP contribution in [-0.4, -0.2) is 53.8 Å². The highest BCUT2D eigenvalue weighted by Crippen LogP contribution is 2.38. The van der Waals surface area contributed by atoms with Crippen LogP contribution in [0.4, 0.5) is 14.9 Å². The van der Waals surface area contributed by atoms with Crippen LogP contribution in [0, 0.1) is 23.1 Å². The van der Waals surface area contributed by atoms with E-state index in [1.807, 2.05) is 0 Å². The van der Waals surface area contributed by atoms with E-state index in [-0.39, 0.29) is 23.1 Å². The Morgan fingerprint density at radius 3 is 2.21 bits per heavy atom. The summed E-state index contributed by atoms with van der Waals surface area (Å²) in [6.45, 7) is 11.2. The minimum atomic E-state index is -1.35. The van der Waals surface area contributed by atoms with Crippen molar-refractivity contribution >= 4 is 23.7 Å². The van der Waals surface area contributed by atoms with Crippen LogP contribution in [-0.2, 0) is 19.1 Å². The van der Waals surface area contributed by atoms with Gasteiger partial charge >= 0.3 is 12.1 Å². The van der Waals surface area contributed by atoms with Crippen LogP contribution in [0.15, 0.2) is 18.2 Å². The van der Waals surface area contributed by atoms with Gasteiger partial charge in [-0.05, 0) is 51.7 Å². The van der Waals surface area contributed by atoms with Crippen molar-refractivity contribution in [3.05, 3.63) is 29.6 Å². The molecule has 2 rings (SSSR count). The quantitative estimate of drug-likeness (QED) is 0.610. The SMILES string of the molecule is COC(=O)C(C1CCN(C(=O)OC(C)(C)C)CC1)C(O)c1ccc(F)cc1NC(=O)C(C)(C)C. The van der Waals surface area contributed by atoms with Crippen molar-refractivity contribution in [2.45, 2.75) is 66.1 Å². The number of nitrogens with one attached hydrogen (secondary N) is 1. The number of aliphatic hydroxyl groups excluding tert-OH is 1. The third kappa shape index (κ3) is 7.16. The van der Waals surface area contributed by atoms with Crippen molar-refractivity contribution in [3.63, 3.8) is 0 Å². The molecule has 1 aromatic carbocycles. The Balaban J connectivity index is 2.26. The number of hydrogen-bond donors (Lipinski definition) is 2. The number of hydrogen-bond acceptors (Lipinski definition) is 6. The molecule has 1 saturated heterocycles. The lowest BCUT2D eigenvalue weighted by molar-refractivity contribution is -0.153. The standard InChI is InChI=1S/C25H37FN2O6/c1-24(2,3)22(31)27-18-14-16(26)8-9-17(18)20(29)19(21(30)33-7)15-10-12-28(13-11-15)23(32)34-25(4,5)6/h8-9,14-15,19-20,29H,10-13H2,1-7H3,(H,27,31). The van der Waals surface area contributed by atoms with Crippen LogP contribution in [0.3, 0.4) is 0 Å². The van der Waals surface area contributed by atoms with E-state index in [1.54, 1.807) is 46.4 Å². The molecule has 0 saturated carbocycles. The van der Waals surface area contributed by atoms with E-state index in [0.717, 1.165) is 6.07 Å². The minimum Gasteiger partial charge on any atom is -0.469 e. The zero-order valence-electron chi connectivity index (χ0n) is 21.1. The predicted molar refractivity (Wildman–Crippen MR) is 125 cm³/mol. The Morgan fingerprint density at radius 1 is 1.12 bits per heavy atom. The van der Waals surface area contributed by atoms with Crippen molar-refractivity contribution in [1.82, 2.24) is 4.90 Å². The van der Waals surface area contributed by atoms with Gasteiger partial charge in [0.1, 0.15) is 11.4 Å². The van der Waals surface area contributed by atoms with Crippen LogP contribution in [0.5, 0.6) is 0 Å². The van der Waals surface area contributed by atoms with Crippen molar-refractivity contribution < 1.29 is 33.4 Å². The molecule has 2 N–H and O–H groups in total. The van der Waals surface area contributed by atoms with E-state index in [9.17, 15) is 23.9 Å². The van der Waals surface area contributed by atoms with Gasteiger partial charge < -0.3 is 24.8 Å². The smallest absolute Gasteiger partial charge is 0.410 e. The summed E-state index contributed by atoms with van der Waals surface area (Å²) < 4.78 is 24.4. The molecule has 1 heterocycles. The monoisotopic (exact) mass is 480 g/mol. The molecule has 190 valence electrons. The second-order valence-corrected chi connectivity index (χ2v) is 10.7. The van der Waals surface area contributed by atoms with E-state index in [4.69, 9.17) is 9.47 Å². The van der Waals surface area contributed by atoms with Gasteiger partial charge in [0, 0.05) is 29.8 Å². The summed E-state index contributed by atoms with van der Waals surface area (Å²) >= 11 is 0. The first-order valence-corrected chi connectivity index (χ1v) is 11.5. The normalized spacial score (nSPS) is 17.0. The first-order chi connectivity index (χ1) is 15.6. The largest absolute Gasteiger partial charge is 0.469 e. The highest BCUT2D eigenvalue weighted by atomic mass is 19.1. The van der Waals surface area contributed by atoms with Gasteiger partial charge in [0.2, 0.25) is 5.91 Å². The Hall–Kier alpha value is -2.68. The zero-order chi connectivity index (χ0) is 25.8. The number of ether oxygens (including phenoxy) is 2. The summed E-state index contributed by atoms with van der Waals surface area (Å²) in [5.74, 6) is -2.80. The molecule has 2 amide bonds. The molecular weight excluding hydrogens is 443 g/mol. The van der Waals surface area contributed by atoms with E-state index in [0.29, 0.717) is 25.9 Å². The molecule has 9 heteroatoms.